The minimum absolute atomic E-state index is 0.0226. The van der Waals surface area contributed by atoms with Crippen molar-refractivity contribution in [2.75, 3.05) is 18.0 Å². The summed E-state index contributed by atoms with van der Waals surface area (Å²) in [5, 5.41) is 3.77. The van der Waals surface area contributed by atoms with Gasteiger partial charge in [0.1, 0.15) is 5.82 Å². The van der Waals surface area contributed by atoms with Crippen molar-refractivity contribution >= 4 is 34.4 Å². The number of rotatable bonds is 6. The highest BCUT2D eigenvalue weighted by Gasteiger charge is 2.27. The van der Waals surface area contributed by atoms with E-state index in [1.54, 1.807) is 18.5 Å². The van der Waals surface area contributed by atoms with Gasteiger partial charge in [-0.15, -0.1) is 5.92 Å². The molecule has 0 aliphatic carbocycles. The molecule has 11 nitrogen and oxygen atoms in total. The molecule has 4 aromatic rings. The van der Waals surface area contributed by atoms with Crippen molar-refractivity contribution in [2.45, 2.75) is 45.8 Å². The van der Waals surface area contributed by atoms with Gasteiger partial charge in [0.05, 0.1) is 18.6 Å². The first-order valence-corrected chi connectivity index (χ1v) is 12.2. The molecule has 1 saturated heterocycles. The Morgan fingerprint density at radius 1 is 1.16 bits per heavy atom. The van der Waals surface area contributed by atoms with Gasteiger partial charge in [0.2, 0.25) is 12.4 Å². The molecular weight excluding hydrogens is 472 g/mol. The second-order valence-electron chi connectivity index (χ2n) is 9.14. The smallest absolute Gasteiger partial charge is 0.332 e. The molecule has 1 N–H and O–H groups in total. The molecule has 1 aliphatic rings. The maximum absolute atomic E-state index is 13.8. The van der Waals surface area contributed by atoms with Crippen LogP contribution in [0.2, 0.25) is 0 Å². The average molecular weight is 501 g/mol. The Labute approximate surface area is 212 Å². The number of amides is 1. The number of anilines is 1. The first kappa shape index (κ1) is 24.2. The molecule has 0 saturated carbocycles. The fourth-order valence-corrected chi connectivity index (χ4v) is 4.95. The number of benzene rings is 1. The first-order chi connectivity index (χ1) is 17.9. The van der Waals surface area contributed by atoms with Gasteiger partial charge in [-0.05, 0) is 32.8 Å². The lowest BCUT2D eigenvalue weighted by atomic mass is 10.1. The lowest BCUT2D eigenvalue weighted by molar-refractivity contribution is -0.110. The van der Waals surface area contributed by atoms with E-state index in [4.69, 9.17) is 4.98 Å². The van der Waals surface area contributed by atoms with Gasteiger partial charge < -0.3 is 10.2 Å². The molecule has 0 radical (unpaired) electrons. The Balaban J connectivity index is 1.66. The van der Waals surface area contributed by atoms with Crippen LogP contribution in [0.3, 0.4) is 0 Å². The van der Waals surface area contributed by atoms with E-state index in [0.717, 1.165) is 34.0 Å². The van der Waals surface area contributed by atoms with Crippen molar-refractivity contribution in [1.29, 1.82) is 0 Å². The molecule has 11 heteroatoms. The summed E-state index contributed by atoms with van der Waals surface area (Å²) in [5.41, 5.74) is 1.15. The minimum Gasteiger partial charge on any atom is -0.354 e. The van der Waals surface area contributed by atoms with Crippen molar-refractivity contribution < 1.29 is 4.79 Å². The molecule has 3 aromatic heterocycles. The van der Waals surface area contributed by atoms with E-state index in [1.807, 2.05) is 36.1 Å². The summed E-state index contributed by atoms with van der Waals surface area (Å²) in [5.74, 6) is 6.85. The zero-order valence-corrected chi connectivity index (χ0v) is 21.1. The van der Waals surface area contributed by atoms with Crippen LogP contribution in [-0.4, -0.2) is 54.2 Å². The molecule has 1 atom stereocenters. The van der Waals surface area contributed by atoms with Crippen LogP contribution in [0.4, 0.5) is 5.95 Å². The largest absolute Gasteiger partial charge is 0.354 e. The zero-order valence-electron chi connectivity index (χ0n) is 21.1. The summed E-state index contributed by atoms with van der Waals surface area (Å²) >= 11 is 0. The standard InChI is InChI=1S/C26H28N8O3/c1-4-5-13-33-22-23(30-25(33)32-12-8-9-18(14-32)27-16-35)31(3)26(37)34(24(22)36)15-21-28-17(2)19-10-6-7-11-20(19)29-21/h6-7,10-11,16,18H,8-9,12-15H2,1-3H3,(H,27,35). The van der Waals surface area contributed by atoms with Gasteiger partial charge in [-0.25, -0.2) is 14.8 Å². The molecule has 1 fully saturated rings. The van der Waals surface area contributed by atoms with Crippen molar-refractivity contribution in [3.8, 4) is 11.8 Å². The molecule has 1 aliphatic heterocycles. The number of hydrogen-bond donors (Lipinski definition) is 1. The number of carbonyl (C=O) groups excluding carboxylic acids is 1. The molecule has 0 spiro atoms. The van der Waals surface area contributed by atoms with Gasteiger partial charge in [-0.3, -0.25) is 23.3 Å². The Hall–Kier alpha value is -4.46. The fraction of sp³-hybridized carbons (Fsp3) is 0.385. The molecule has 4 heterocycles. The molecule has 0 bridgehead atoms. The van der Waals surface area contributed by atoms with Gasteiger partial charge in [0.15, 0.2) is 11.2 Å². The molecule has 5 rings (SSSR count). The lowest BCUT2D eigenvalue weighted by Gasteiger charge is -2.33. The first-order valence-electron chi connectivity index (χ1n) is 12.2. The third-order valence-corrected chi connectivity index (χ3v) is 6.77. The Kier molecular flexibility index (Phi) is 6.48. The van der Waals surface area contributed by atoms with Crippen molar-refractivity contribution in [1.82, 2.24) is 34.0 Å². The summed E-state index contributed by atoms with van der Waals surface area (Å²) in [6.07, 6.45) is 2.43. The summed E-state index contributed by atoms with van der Waals surface area (Å²) in [7, 11) is 1.60. The van der Waals surface area contributed by atoms with Crippen molar-refractivity contribution in [3.05, 3.63) is 56.6 Å². The quantitative estimate of drug-likeness (QED) is 0.309. The highest BCUT2D eigenvalue weighted by Crippen LogP contribution is 2.23. The monoisotopic (exact) mass is 500 g/mol. The van der Waals surface area contributed by atoms with Crippen molar-refractivity contribution in [3.63, 3.8) is 0 Å². The average Bonchev–Trinajstić information content (AvgIpc) is 3.29. The molecule has 37 heavy (non-hydrogen) atoms. The normalized spacial score (nSPS) is 15.5. The maximum Gasteiger partial charge on any atom is 0.332 e. The number of aryl methyl sites for hydroxylation is 2. The second-order valence-corrected chi connectivity index (χ2v) is 9.14. The number of nitrogens with zero attached hydrogens (tertiary/aromatic N) is 7. The van der Waals surface area contributed by atoms with E-state index in [9.17, 15) is 14.4 Å². The molecular formula is C26H28N8O3. The molecule has 190 valence electrons. The Morgan fingerprint density at radius 3 is 2.76 bits per heavy atom. The van der Waals surface area contributed by atoms with Crippen LogP contribution in [-0.2, 0) is 24.9 Å². The third-order valence-electron chi connectivity index (χ3n) is 6.77. The van der Waals surface area contributed by atoms with Gasteiger partial charge >= 0.3 is 5.69 Å². The zero-order chi connectivity index (χ0) is 26.1. The van der Waals surface area contributed by atoms with Gasteiger partial charge in [0, 0.05) is 37.3 Å². The van der Waals surface area contributed by atoms with Gasteiger partial charge in [-0.2, -0.15) is 4.98 Å². The number of nitrogens with one attached hydrogen (secondary N) is 1. The number of imidazole rings is 1. The Bertz CT molecular complexity index is 1690. The van der Waals surface area contributed by atoms with Crippen molar-refractivity contribution in [2.24, 2.45) is 7.05 Å². The maximum atomic E-state index is 13.8. The number of para-hydroxylation sites is 1. The number of fused-ring (bicyclic) bond motifs is 2. The fourth-order valence-electron chi connectivity index (χ4n) is 4.95. The summed E-state index contributed by atoms with van der Waals surface area (Å²) in [6.45, 7) is 5.05. The molecule has 1 unspecified atom stereocenters. The third kappa shape index (κ3) is 4.35. The SMILES string of the molecule is CC#CCn1c(N2CCCC(NC=O)C2)nc2c1c(=O)n(Cc1nc(C)c3ccccc3n1)c(=O)n2C. The summed E-state index contributed by atoms with van der Waals surface area (Å²) < 4.78 is 4.30. The predicted molar refractivity (Wildman–Crippen MR) is 140 cm³/mol. The number of aromatic nitrogens is 6. The number of hydrogen-bond acceptors (Lipinski definition) is 7. The van der Waals surface area contributed by atoms with E-state index in [2.05, 4.69) is 27.1 Å². The van der Waals surface area contributed by atoms with Crippen LogP contribution in [0.5, 0.6) is 0 Å². The van der Waals surface area contributed by atoms with E-state index < -0.39 is 11.2 Å². The van der Waals surface area contributed by atoms with E-state index in [1.165, 1.54) is 4.57 Å². The van der Waals surface area contributed by atoms with E-state index >= 15 is 0 Å². The van der Waals surface area contributed by atoms with Crippen LogP contribution in [0.1, 0.15) is 31.3 Å². The van der Waals surface area contributed by atoms with Crippen LogP contribution in [0, 0.1) is 18.8 Å². The second kappa shape index (κ2) is 9.89. The Morgan fingerprint density at radius 2 is 1.97 bits per heavy atom. The molecule has 1 aromatic carbocycles. The van der Waals surface area contributed by atoms with Gasteiger partial charge in [0.25, 0.3) is 5.56 Å². The summed E-state index contributed by atoms with van der Waals surface area (Å²) in [6, 6.07) is 7.61. The minimum atomic E-state index is -0.496. The van der Waals surface area contributed by atoms with E-state index in [-0.39, 0.29) is 19.1 Å². The predicted octanol–water partition coefficient (Wildman–Crippen LogP) is 0.935. The lowest BCUT2D eigenvalue weighted by Crippen LogP contribution is -2.46. The highest BCUT2D eigenvalue weighted by atomic mass is 16.2. The number of carbonyl (C=O) groups is 1. The van der Waals surface area contributed by atoms with Crippen LogP contribution >= 0.6 is 0 Å². The highest BCUT2D eigenvalue weighted by molar-refractivity contribution is 5.80. The van der Waals surface area contributed by atoms with Gasteiger partial charge in [-0.1, -0.05) is 24.1 Å². The van der Waals surface area contributed by atoms with E-state index in [0.29, 0.717) is 42.4 Å². The van der Waals surface area contributed by atoms with Crippen LogP contribution in [0.25, 0.3) is 22.1 Å². The van der Waals surface area contributed by atoms with Crippen LogP contribution in [0.15, 0.2) is 33.9 Å². The molecule has 1 amide bonds. The summed E-state index contributed by atoms with van der Waals surface area (Å²) in [4.78, 5) is 54.1. The topological polar surface area (TPSA) is 120 Å². The number of piperidine rings is 1. The van der Waals surface area contributed by atoms with Crippen LogP contribution < -0.4 is 21.5 Å².